The van der Waals surface area contributed by atoms with Crippen LogP contribution in [-0.2, 0) is 16.0 Å². The van der Waals surface area contributed by atoms with Crippen molar-refractivity contribution in [3.63, 3.8) is 0 Å². The first-order valence-electron chi connectivity index (χ1n) is 6.94. The Kier molecular flexibility index (Phi) is 8.87. The van der Waals surface area contributed by atoms with Gasteiger partial charge >= 0.3 is 0 Å². The summed E-state index contributed by atoms with van der Waals surface area (Å²) < 4.78 is 11.0. The number of hydrogen-bond acceptors (Lipinski definition) is 5. The summed E-state index contributed by atoms with van der Waals surface area (Å²) in [6, 6.07) is 6.23. The van der Waals surface area contributed by atoms with Crippen molar-refractivity contribution >= 4 is 21.6 Å². The van der Waals surface area contributed by atoms with Crippen molar-refractivity contribution in [3.8, 4) is 0 Å². The maximum Gasteiger partial charge on any atom is 0.0947 e. The molecule has 0 radical (unpaired) electrons. The molecule has 1 rings (SSSR count). The van der Waals surface area contributed by atoms with Gasteiger partial charge in [-0.05, 0) is 33.6 Å². The Hall–Kier alpha value is -0.660. The molecule has 1 atom stereocenters. The number of hydrogen-bond donors (Lipinski definition) is 2. The molecule has 1 aromatic carbocycles. The third-order valence-corrected chi connectivity index (χ3v) is 3.71. The van der Waals surface area contributed by atoms with Crippen molar-refractivity contribution in [2.24, 2.45) is 0 Å². The summed E-state index contributed by atoms with van der Waals surface area (Å²) in [6.07, 6.45) is -0.498. The first kappa shape index (κ1) is 18.4. The quantitative estimate of drug-likeness (QED) is 0.621. The van der Waals surface area contributed by atoms with Gasteiger partial charge < -0.3 is 24.8 Å². The molecule has 0 saturated heterocycles. The smallest absolute Gasteiger partial charge is 0.0947 e. The van der Waals surface area contributed by atoms with Gasteiger partial charge in [0.15, 0.2) is 0 Å². The molecule has 21 heavy (non-hydrogen) atoms. The van der Waals surface area contributed by atoms with Gasteiger partial charge in [0.25, 0.3) is 0 Å². The fourth-order valence-electron chi connectivity index (χ4n) is 2.04. The number of likely N-dealkylation sites (N-methyl/N-ethyl adjacent to an activating group) is 1. The minimum atomic E-state index is -0.498. The fourth-order valence-corrected chi connectivity index (χ4v) is 2.77. The van der Waals surface area contributed by atoms with E-state index < -0.39 is 6.10 Å². The van der Waals surface area contributed by atoms with Gasteiger partial charge in [0.2, 0.25) is 0 Å². The Labute approximate surface area is 135 Å². The van der Waals surface area contributed by atoms with Crippen molar-refractivity contribution in [1.29, 1.82) is 0 Å². The van der Waals surface area contributed by atoms with Crippen LogP contribution in [0, 0.1) is 0 Å². The molecule has 0 aliphatic rings. The SMILES string of the molecule is COCCNCc1ccc(N(C)CC(O)COC)c(Br)c1. The highest BCUT2D eigenvalue weighted by Gasteiger charge is 2.11. The van der Waals surface area contributed by atoms with Crippen LogP contribution < -0.4 is 10.2 Å². The van der Waals surface area contributed by atoms with Gasteiger partial charge in [0.1, 0.15) is 0 Å². The average Bonchev–Trinajstić information content (AvgIpc) is 2.43. The van der Waals surface area contributed by atoms with Crippen LogP contribution in [0.3, 0.4) is 0 Å². The summed E-state index contributed by atoms with van der Waals surface area (Å²) in [5, 5.41) is 13.1. The Morgan fingerprint density at radius 3 is 2.71 bits per heavy atom. The summed E-state index contributed by atoms with van der Waals surface area (Å²) in [7, 11) is 5.24. The van der Waals surface area contributed by atoms with Gasteiger partial charge in [-0.1, -0.05) is 6.07 Å². The predicted molar refractivity (Wildman–Crippen MR) is 88.9 cm³/mol. The third-order valence-electron chi connectivity index (χ3n) is 3.08. The second kappa shape index (κ2) is 10.1. The number of anilines is 1. The Bertz CT molecular complexity index is 418. The van der Waals surface area contributed by atoms with Gasteiger partial charge in [-0.15, -0.1) is 0 Å². The molecule has 0 aliphatic carbocycles. The number of halogens is 1. The molecule has 0 fully saturated rings. The Balaban J connectivity index is 2.56. The van der Waals surface area contributed by atoms with Crippen LogP contribution in [0.1, 0.15) is 5.56 Å². The van der Waals surface area contributed by atoms with E-state index in [-0.39, 0.29) is 0 Å². The van der Waals surface area contributed by atoms with E-state index in [1.54, 1.807) is 14.2 Å². The molecule has 0 heterocycles. The van der Waals surface area contributed by atoms with E-state index >= 15 is 0 Å². The highest BCUT2D eigenvalue weighted by Crippen LogP contribution is 2.26. The number of ether oxygens (including phenoxy) is 2. The number of methoxy groups -OCH3 is 2. The molecule has 1 aromatic rings. The zero-order valence-corrected chi connectivity index (χ0v) is 14.5. The summed E-state index contributed by atoms with van der Waals surface area (Å²) in [4.78, 5) is 2.01. The third kappa shape index (κ3) is 6.76. The van der Waals surface area contributed by atoms with Gasteiger partial charge in [0.05, 0.1) is 25.0 Å². The maximum absolute atomic E-state index is 9.79. The molecule has 0 spiro atoms. The van der Waals surface area contributed by atoms with Gasteiger partial charge in [-0.2, -0.15) is 0 Å². The van der Waals surface area contributed by atoms with E-state index in [2.05, 4.69) is 39.4 Å². The molecular formula is C15H25BrN2O3. The zero-order valence-electron chi connectivity index (χ0n) is 12.9. The summed E-state index contributed by atoms with van der Waals surface area (Å²) in [5.74, 6) is 0. The van der Waals surface area contributed by atoms with E-state index in [9.17, 15) is 5.11 Å². The van der Waals surface area contributed by atoms with E-state index in [0.717, 1.165) is 23.2 Å². The van der Waals surface area contributed by atoms with Crippen molar-refractivity contribution in [1.82, 2.24) is 5.32 Å². The average molecular weight is 361 g/mol. The van der Waals surface area contributed by atoms with Crippen LogP contribution >= 0.6 is 15.9 Å². The van der Waals surface area contributed by atoms with Crippen LogP contribution in [0.15, 0.2) is 22.7 Å². The van der Waals surface area contributed by atoms with E-state index in [1.807, 2.05) is 11.9 Å². The molecule has 2 N–H and O–H groups in total. The molecule has 120 valence electrons. The lowest BCUT2D eigenvalue weighted by atomic mass is 10.2. The lowest BCUT2D eigenvalue weighted by Gasteiger charge is -2.24. The molecule has 1 unspecified atom stereocenters. The molecule has 0 bridgehead atoms. The lowest BCUT2D eigenvalue weighted by Crippen LogP contribution is -2.32. The first-order chi connectivity index (χ1) is 10.1. The van der Waals surface area contributed by atoms with Crippen LogP contribution in [0.2, 0.25) is 0 Å². The minimum absolute atomic E-state index is 0.337. The molecule has 0 aliphatic heterocycles. The molecule has 0 saturated carbocycles. The highest BCUT2D eigenvalue weighted by atomic mass is 79.9. The summed E-state index contributed by atoms with van der Waals surface area (Å²) in [5.41, 5.74) is 2.25. The summed E-state index contributed by atoms with van der Waals surface area (Å²) >= 11 is 3.59. The van der Waals surface area contributed by atoms with Gasteiger partial charge in [-0.25, -0.2) is 0 Å². The zero-order chi connectivity index (χ0) is 15.7. The van der Waals surface area contributed by atoms with Crippen LogP contribution in [0.4, 0.5) is 5.69 Å². The minimum Gasteiger partial charge on any atom is -0.389 e. The number of aliphatic hydroxyl groups excluding tert-OH is 1. The Morgan fingerprint density at radius 1 is 1.33 bits per heavy atom. The number of nitrogens with one attached hydrogen (secondary N) is 1. The number of rotatable bonds is 10. The first-order valence-corrected chi connectivity index (χ1v) is 7.74. The largest absolute Gasteiger partial charge is 0.389 e. The molecule has 0 amide bonds. The topological polar surface area (TPSA) is 54.0 Å². The molecule has 6 heteroatoms. The lowest BCUT2D eigenvalue weighted by molar-refractivity contribution is 0.0695. The normalized spacial score (nSPS) is 12.4. The molecule has 5 nitrogen and oxygen atoms in total. The van der Waals surface area contributed by atoms with Crippen LogP contribution in [0.25, 0.3) is 0 Å². The van der Waals surface area contributed by atoms with E-state index in [4.69, 9.17) is 9.47 Å². The predicted octanol–water partition coefficient (Wildman–Crippen LogP) is 1.63. The van der Waals surface area contributed by atoms with Crippen molar-refractivity contribution in [2.45, 2.75) is 12.6 Å². The molecular weight excluding hydrogens is 336 g/mol. The van der Waals surface area contributed by atoms with Crippen molar-refractivity contribution < 1.29 is 14.6 Å². The van der Waals surface area contributed by atoms with Crippen molar-refractivity contribution in [2.75, 3.05) is 52.5 Å². The van der Waals surface area contributed by atoms with Crippen molar-refractivity contribution in [3.05, 3.63) is 28.2 Å². The fraction of sp³-hybridized carbons (Fsp3) is 0.600. The van der Waals surface area contributed by atoms with Crippen LogP contribution in [0.5, 0.6) is 0 Å². The monoisotopic (exact) mass is 360 g/mol. The summed E-state index contributed by atoms with van der Waals surface area (Å²) in [6.45, 7) is 3.21. The Morgan fingerprint density at radius 2 is 2.10 bits per heavy atom. The van der Waals surface area contributed by atoms with E-state index in [0.29, 0.717) is 19.8 Å². The van der Waals surface area contributed by atoms with Gasteiger partial charge in [-0.3, -0.25) is 0 Å². The number of benzene rings is 1. The van der Waals surface area contributed by atoms with E-state index in [1.165, 1.54) is 5.56 Å². The highest BCUT2D eigenvalue weighted by molar-refractivity contribution is 9.10. The maximum atomic E-state index is 9.79. The second-order valence-corrected chi connectivity index (χ2v) is 5.80. The number of nitrogens with zero attached hydrogens (tertiary/aromatic N) is 1. The van der Waals surface area contributed by atoms with Crippen LogP contribution in [-0.4, -0.2) is 58.8 Å². The molecule has 0 aromatic heterocycles. The standard InChI is InChI=1S/C15H25BrN2O3/c1-18(10-13(19)11-21-3)15-5-4-12(8-14(15)16)9-17-6-7-20-2/h4-5,8,13,17,19H,6-7,9-11H2,1-3H3. The van der Waals surface area contributed by atoms with Gasteiger partial charge in [0, 0.05) is 45.4 Å². The number of aliphatic hydroxyl groups is 1. The second-order valence-electron chi connectivity index (χ2n) is 4.95.